The van der Waals surface area contributed by atoms with Gasteiger partial charge in [0, 0.05) is 6.54 Å². The third kappa shape index (κ3) is 4.25. The van der Waals surface area contributed by atoms with E-state index in [9.17, 15) is 0 Å². The molecule has 0 amide bonds. The van der Waals surface area contributed by atoms with Crippen LogP contribution >= 0.6 is 11.6 Å². The topological polar surface area (TPSA) is 62.7 Å². The number of aryl methyl sites for hydroxylation is 3. The van der Waals surface area contributed by atoms with Crippen LogP contribution in [0.15, 0.2) is 42.6 Å². The Balaban J connectivity index is 1.75. The average Bonchev–Trinajstić information content (AvgIpc) is 2.58. The Hall–Kier alpha value is -2.66. The third-order valence-corrected chi connectivity index (χ3v) is 4.24. The minimum absolute atomic E-state index is 0.467. The molecule has 2 aromatic carbocycles. The molecule has 0 aliphatic heterocycles. The van der Waals surface area contributed by atoms with Crippen LogP contribution in [0.1, 0.15) is 22.3 Å². The highest BCUT2D eigenvalue weighted by atomic mass is 35.5. The number of rotatable bonds is 5. The van der Waals surface area contributed by atoms with Gasteiger partial charge < -0.3 is 10.6 Å². The normalized spacial score (nSPS) is 10.6. The molecule has 0 bridgehead atoms. The number of hydrogen-bond acceptors (Lipinski definition) is 5. The van der Waals surface area contributed by atoms with Crippen LogP contribution in [-0.4, -0.2) is 15.2 Å². The second kappa shape index (κ2) is 7.49. The van der Waals surface area contributed by atoms with Crippen molar-refractivity contribution in [2.45, 2.75) is 27.3 Å². The number of benzene rings is 2. The Morgan fingerprint density at radius 1 is 1.04 bits per heavy atom. The predicted octanol–water partition coefficient (Wildman–Crippen LogP) is 4.81. The van der Waals surface area contributed by atoms with Gasteiger partial charge in [-0.1, -0.05) is 41.9 Å². The number of anilines is 3. The lowest BCUT2D eigenvalue weighted by atomic mass is 10.1. The zero-order valence-electron chi connectivity index (χ0n) is 14.5. The van der Waals surface area contributed by atoms with E-state index in [0.29, 0.717) is 23.3 Å². The molecule has 0 fully saturated rings. The van der Waals surface area contributed by atoms with E-state index >= 15 is 0 Å². The van der Waals surface area contributed by atoms with Gasteiger partial charge in [-0.25, -0.2) is 0 Å². The van der Waals surface area contributed by atoms with Gasteiger partial charge in [0.15, 0.2) is 5.82 Å². The minimum Gasteiger partial charge on any atom is -0.349 e. The maximum atomic E-state index is 6.34. The molecular formula is C19H20ClN5. The van der Waals surface area contributed by atoms with Crippen LogP contribution in [-0.2, 0) is 6.54 Å². The molecule has 1 heterocycles. The molecule has 3 aromatic rings. The molecule has 1 aromatic heterocycles. The summed E-state index contributed by atoms with van der Waals surface area (Å²) in [5.74, 6) is 1.06. The fraction of sp³-hybridized carbons (Fsp3) is 0.211. The Bertz CT molecular complexity index is 871. The summed E-state index contributed by atoms with van der Waals surface area (Å²) in [5, 5.41) is 15.1. The molecule has 0 aliphatic rings. The van der Waals surface area contributed by atoms with E-state index < -0.39 is 0 Å². The largest absolute Gasteiger partial charge is 0.349 e. The SMILES string of the molecule is Cc1cc(C)c(Nc2cnnc(NCc3ccccc3C)n2)c(Cl)c1. The summed E-state index contributed by atoms with van der Waals surface area (Å²) in [4.78, 5) is 4.46. The average molecular weight is 354 g/mol. The van der Waals surface area contributed by atoms with Crippen molar-refractivity contribution in [3.8, 4) is 0 Å². The van der Waals surface area contributed by atoms with E-state index in [-0.39, 0.29) is 0 Å². The Morgan fingerprint density at radius 2 is 1.84 bits per heavy atom. The minimum atomic E-state index is 0.467. The van der Waals surface area contributed by atoms with Gasteiger partial charge in [-0.2, -0.15) is 10.1 Å². The number of halogens is 1. The van der Waals surface area contributed by atoms with Gasteiger partial charge in [-0.3, -0.25) is 0 Å². The number of nitrogens with zero attached hydrogens (tertiary/aromatic N) is 3. The van der Waals surface area contributed by atoms with Crippen molar-refractivity contribution in [2.24, 2.45) is 0 Å². The van der Waals surface area contributed by atoms with E-state index in [0.717, 1.165) is 16.8 Å². The second-order valence-corrected chi connectivity index (χ2v) is 6.42. The Labute approximate surface area is 152 Å². The number of hydrogen-bond donors (Lipinski definition) is 2. The van der Waals surface area contributed by atoms with Crippen molar-refractivity contribution >= 4 is 29.1 Å². The van der Waals surface area contributed by atoms with Gasteiger partial charge in [0.25, 0.3) is 0 Å². The molecule has 0 saturated heterocycles. The molecule has 0 saturated carbocycles. The first-order valence-corrected chi connectivity index (χ1v) is 8.42. The molecular weight excluding hydrogens is 334 g/mol. The van der Waals surface area contributed by atoms with Crippen molar-refractivity contribution < 1.29 is 0 Å². The second-order valence-electron chi connectivity index (χ2n) is 6.01. The Kier molecular flexibility index (Phi) is 5.14. The first-order chi connectivity index (χ1) is 12.0. The fourth-order valence-electron chi connectivity index (χ4n) is 2.62. The molecule has 2 N–H and O–H groups in total. The van der Waals surface area contributed by atoms with Gasteiger partial charge in [0.1, 0.15) is 0 Å². The van der Waals surface area contributed by atoms with E-state index in [2.05, 4.69) is 50.9 Å². The zero-order valence-corrected chi connectivity index (χ0v) is 15.2. The van der Waals surface area contributed by atoms with Crippen molar-refractivity contribution in [1.82, 2.24) is 15.2 Å². The molecule has 128 valence electrons. The number of nitrogens with one attached hydrogen (secondary N) is 2. The van der Waals surface area contributed by atoms with Gasteiger partial charge in [0.2, 0.25) is 5.95 Å². The van der Waals surface area contributed by atoms with Crippen LogP contribution in [0, 0.1) is 20.8 Å². The highest BCUT2D eigenvalue weighted by molar-refractivity contribution is 6.33. The van der Waals surface area contributed by atoms with Crippen LogP contribution in [0.4, 0.5) is 17.5 Å². The highest BCUT2D eigenvalue weighted by Gasteiger charge is 2.08. The van der Waals surface area contributed by atoms with E-state index in [1.165, 1.54) is 11.1 Å². The first kappa shape index (κ1) is 17.2. The fourth-order valence-corrected chi connectivity index (χ4v) is 2.99. The lowest BCUT2D eigenvalue weighted by Gasteiger charge is -2.12. The van der Waals surface area contributed by atoms with E-state index in [4.69, 9.17) is 11.6 Å². The summed E-state index contributed by atoms with van der Waals surface area (Å²) in [5.41, 5.74) is 5.42. The van der Waals surface area contributed by atoms with Gasteiger partial charge in [0.05, 0.1) is 16.9 Å². The van der Waals surface area contributed by atoms with E-state index in [1.807, 2.05) is 32.0 Å². The molecule has 0 aliphatic carbocycles. The highest BCUT2D eigenvalue weighted by Crippen LogP contribution is 2.29. The van der Waals surface area contributed by atoms with Crippen LogP contribution in [0.5, 0.6) is 0 Å². The lowest BCUT2D eigenvalue weighted by Crippen LogP contribution is -2.07. The van der Waals surface area contributed by atoms with E-state index in [1.54, 1.807) is 6.20 Å². The summed E-state index contributed by atoms with van der Waals surface area (Å²) in [6.07, 6.45) is 1.58. The van der Waals surface area contributed by atoms with Gasteiger partial charge in [-0.05, 0) is 49.1 Å². The monoisotopic (exact) mass is 353 g/mol. The summed E-state index contributed by atoms with van der Waals surface area (Å²) >= 11 is 6.34. The van der Waals surface area contributed by atoms with Gasteiger partial charge in [-0.15, -0.1) is 5.10 Å². The molecule has 0 atom stereocenters. The summed E-state index contributed by atoms with van der Waals surface area (Å²) in [7, 11) is 0. The molecule has 0 unspecified atom stereocenters. The predicted molar refractivity (Wildman–Crippen MR) is 103 cm³/mol. The van der Waals surface area contributed by atoms with Crippen molar-refractivity contribution in [3.05, 3.63) is 69.9 Å². The Morgan fingerprint density at radius 3 is 2.60 bits per heavy atom. The first-order valence-electron chi connectivity index (χ1n) is 8.05. The van der Waals surface area contributed by atoms with Crippen LogP contribution in [0.25, 0.3) is 0 Å². The van der Waals surface area contributed by atoms with Crippen LogP contribution in [0.3, 0.4) is 0 Å². The summed E-state index contributed by atoms with van der Waals surface area (Å²) in [6, 6.07) is 12.2. The zero-order chi connectivity index (χ0) is 17.8. The van der Waals surface area contributed by atoms with Gasteiger partial charge >= 0.3 is 0 Å². The third-order valence-electron chi connectivity index (χ3n) is 3.94. The standard InChI is InChI=1S/C19H20ClN5/c1-12-8-14(3)18(16(20)9-12)23-17-11-22-25-19(24-17)21-10-15-7-5-4-6-13(15)2/h4-9,11H,10H2,1-3H3,(H2,21,23,24,25). The molecule has 0 radical (unpaired) electrons. The van der Waals surface area contributed by atoms with Crippen LogP contribution in [0.2, 0.25) is 5.02 Å². The molecule has 3 rings (SSSR count). The van der Waals surface area contributed by atoms with Crippen molar-refractivity contribution in [1.29, 1.82) is 0 Å². The maximum absolute atomic E-state index is 6.34. The smallest absolute Gasteiger partial charge is 0.244 e. The maximum Gasteiger partial charge on any atom is 0.244 e. The molecule has 6 heteroatoms. The summed E-state index contributed by atoms with van der Waals surface area (Å²) < 4.78 is 0. The molecule has 5 nitrogen and oxygen atoms in total. The lowest BCUT2D eigenvalue weighted by molar-refractivity contribution is 0.946. The van der Waals surface area contributed by atoms with Crippen molar-refractivity contribution in [3.63, 3.8) is 0 Å². The molecule has 25 heavy (non-hydrogen) atoms. The quantitative estimate of drug-likeness (QED) is 0.689. The molecule has 0 spiro atoms. The van der Waals surface area contributed by atoms with Crippen molar-refractivity contribution in [2.75, 3.05) is 10.6 Å². The van der Waals surface area contributed by atoms with Crippen LogP contribution < -0.4 is 10.6 Å². The summed E-state index contributed by atoms with van der Waals surface area (Å²) in [6.45, 7) is 6.74. The number of aromatic nitrogens is 3.